The van der Waals surface area contributed by atoms with Crippen molar-refractivity contribution in [2.75, 3.05) is 0 Å². The van der Waals surface area contributed by atoms with Gasteiger partial charge in [0.25, 0.3) is 0 Å². The Morgan fingerprint density at radius 3 is 2.62 bits per heavy atom. The summed E-state index contributed by atoms with van der Waals surface area (Å²) >= 11 is 0. The number of hydrogen-bond donors (Lipinski definition) is 1. The first kappa shape index (κ1) is 23.8. The molecule has 4 aliphatic rings. The number of carbonyl (C=O) groups excluding carboxylic acids is 1. The Kier molecular flexibility index (Phi) is 5.66. The lowest BCUT2D eigenvalue weighted by Crippen LogP contribution is -2.51. The minimum absolute atomic E-state index is 0.0408. The van der Waals surface area contributed by atoms with E-state index in [1.807, 2.05) is 13.8 Å². The van der Waals surface area contributed by atoms with Crippen molar-refractivity contribution in [1.82, 2.24) is 9.78 Å². The van der Waals surface area contributed by atoms with Crippen molar-refractivity contribution in [1.29, 1.82) is 0 Å². The summed E-state index contributed by atoms with van der Waals surface area (Å²) in [5, 5.41) is 14.6. The maximum atomic E-state index is 14.3. The van der Waals surface area contributed by atoms with Gasteiger partial charge >= 0.3 is 6.18 Å². The Balaban J connectivity index is 1.41. The summed E-state index contributed by atoms with van der Waals surface area (Å²) in [7, 11) is 0. The van der Waals surface area contributed by atoms with Crippen molar-refractivity contribution in [2.24, 2.45) is 46.8 Å². The van der Waals surface area contributed by atoms with Gasteiger partial charge in [-0.25, -0.2) is 4.85 Å². The number of ketones is 1. The van der Waals surface area contributed by atoms with Crippen LogP contribution in [0.15, 0.2) is 12.4 Å². The lowest BCUT2D eigenvalue weighted by atomic mass is 9.49. The molecule has 0 aromatic carbocycles. The van der Waals surface area contributed by atoms with Crippen LogP contribution in [0.3, 0.4) is 0 Å². The van der Waals surface area contributed by atoms with Crippen LogP contribution in [0.4, 0.5) is 18.9 Å². The number of nitrogens with zero attached hydrogens (tertiary/aromatic N) is 3. The van der Waals surface area contributed by atoms with E-state index in [1.165, 1.54) is 17.1 Å². The van der Waals surface area contributed by atoms with E-state index in [0.29, 0.717) is 24.2 Å². The van der Waals surface area contributed by atoms with E-state index >= 15 is 0 Å². The van der Waals surface area contributed by atoms with Crippen LogP contribution in [0.1, 0.15) is 65.2 Å². The molecule has 34 heavy (non-hydrogen) atoms. The second-order valence-corrected chi connectivity index (χ2v) is 12.1. The number of rotatable bonds is 3. The fourth-order valence-corrected chi connectivity index (χ4v) is 8.80. The van der Waals surface area contributed by atoms with Gasteiger partial charge in [-0.15, -0.1) is 0 Å². The molecule has 0 radical (unpaired) electrons. The Morgan fingerprint density at radius 2 is 1.94 bits per heavy atom. The molecule has 0 aliphatic heterocycles. The Bertz CT molecular complexity index is 996. The number of Topliss-reactive ketones (excluding diaryl/α,β-unsaturated/α-hetero) is 1. The van der Waals surface area contributed by atoms with Crippen LogP contribution in [0.25, 0.3) is 4.85 Å². The van der Waals surface area contributed by atoms with Crippen molar-refractivity contribution >= 4 is 11.5 Å². The monoisotopic (exact) mass is 477 g/mol. The number of fused-ring (bicyclic) bond motifs is 5. The first-order valence-electron chi connectivity index (χ1n) is 12.6. The molecule has 186 valence electrons. The van der Waals surface area contributed by atoms with E-state index in [4.69, 9.17) is 6.57 Å². The summed E-state index contributed by atoms with van der Waals surface area (Å²) < 4.78 is 44.3. The Labute approximate surface area is 198 Å². The van der Waals surface area contributed by atoms with Crippen LogP contribution in [0.5, 0.6) is 0 Å². The smallest absolute Gasteiger partial charge is 0.390 e. The topological polar surface area (TPSA) is 59.5 Å². The van der Waals surface area contributed by atoms with Gasteiger partial charge in [-0.05, 0) is 93.3 Å². The minimum atomic E-state index is -4.41. The molecule has 5 rings (SSSR count). The summed E-state index contributed by atoms with van der Waals surface area (Å²) in [5.41, 5.74) is -1.01. The Hall–Kier alpha value is -1.88. The highest BCUT2D eigenvalue weighted by molar-refractivity contribution is 5.82. The summed E-state index contributed by atoms with van der Waals surface area (Å²) in [6, 6.07) is 0. The van der Waals surface area contributed by atoms with Gasteiger partial charge in [0.1, 0.15) is 0 Å². The van der Waals surface area contributed by atoms with Gasteiger partial charge in [-0.3, -0.25) is 9.48 Å². The minimum Gasteiger partial charge on any atom is -0.390 e. The molecule has 1 heterocycles. The highest BCUT2D eigenvalue weighted by Crippen LogP contribution is 2.67. The van der Waals surface area contributed by atoms with Gasteiger partial charge in [0.15, 0.2) is 5.78 Å². The highest BCUT2D eigenvalue weighted by Gasteiger charge is 2.66. The van der Waals surface area contributed by atoms with E-state index in [-0.39, 0.29) is 30.5 Å². The second-order valence-electron chi connectivity index (χ2n) is 12.1. The summed E-state index contributed by atoms with van der Waals surface area (Å²) in [6.07, 6.45) is 4.31. The molecule has 0 saturated heterocycles. The number of alkyl halides is 3. The number of aromatic nitrogens is 2. The number of hydrogen-bond acceptors (Lipinski definition) is 3. The maximum Gasteiger partial charge on any atom is 0.392 e. The van der Waals surface area contributed by atoms with Gasteiger partial charge in [0.05, 0.1) is 30.8 Å². The average molecular weight is 478 g/mol. The molecule has 9 atom stereocenters. The first-order chi connectivity index (χ1) is 15.9. The fourth-order valence-electron chi connectivity index (χ4n) is 8.80. The number of halogens is 3. The summed E-state index contributed by atoms with van der Waals surface area (Å²) in [5.74, 6) is -1.62. The van der Waals surface area contributed by atoms with Crippen molar-refractivity contribution in [3.8, 4) is 0 Å². The van der Waals surface area contributed by atoms with E-state index < -0.39 is 34.8 Å². The summed E-state index contributed by atoms with van der Waals surface area (Å²) in [6.45, 7) is 10.7. The molecule has 1 N–H and O–H groups in total. The zero-order chi connectivity index (χ0) is 24.5. The predicted molar refractivity (Wildman–Crippen MR) is 120 cm³/mol. The predicted octanol–water partition coefficient (Wildman–Crippen LogP) is 5.81. The maximum absolute atomic E-state index is 14.3. The Morgan fingerprint density at radius 1 is 1.21 bits per heavy atom. The van der Waals surface area contributed by atoms with E-state index in [1.54, 1.807) is 0 Å². The molecule has 4 saturated carbocycles. The van der Waals surface area contributed by atoms with Crippen molar-refractivity contribution in [3.05, 3.63) is 23.8 Å². The molecular formula is C26H34F3N3O2. The van der Waals surface area contributed by atoms with Gasteiger partial charge in [-0.2, -0.15) is 18.3 Å². The molecule has 0 spiro atoms. The van der Waals surface area contributed by atoms with Crippen LogP contribution >= 0.6 is 0 Å². The average Bonchev–Trinajstić information content (AvgIpc) is 3.33. The molecular weight excluding hydrogens is 443 g/mol. The lowest BCUT2D eigenvalue weighted by molar-refractivity contribution is -0.191. The van der Waals surface area contributed by atoms with Crippen LogP contribution in [0.2, 0.25) is 0 Å². The molecule has 1 aromatic rings. The molecule has 8 heteroatoms. The van der Waals surface area contributed by atoms with Crippen LogP contribution < -0.4 is 0 Å². The quantitative estimate of drug-likeness (QED) is 0.559. The number of aliphatic hydroxyl groups is 1. The van der Waals surface area contributed by atoms with Crippen LogP contribution in [-0.4, -0.2) is 32.4 Å². The van der Waals surface area contributed by atoms with Crippen molar-refractivity contribution in [3.63, 3.8) is 0 Å². The zero-order valence-corrected chi connectivity index (χ0v) is 19.9. The second kappa shape index (κ2) is 8.08. The van der Waals surface area contributed by atoms with Crippen molar-refractivity contribution < 1.29 is 23.1 Å². The van der Waals surface area contributed by atoms with Crippen LogP contribution in [0, 0.1) is 53.4 Å². The van der Waals surface area contributed by atoms with Gasteiger partial charge in [0.2, 0.25) is 5.69 Å². The molecule has 3 unspecified atom stereocenters. The zero-order valence-electron chi connectivity index (χ0n) is 19.9. The largest absolute Gasteiger partial charge is 0.392 e. The molecule has 1 aromatic heterocycles. The molecule has 0 bridgehead atoms. The van der Waals surface area contributed by atoms with Gasteiger partial charge in [-0.1, -0.05) is 6.92 Å². The third-order valence-corrected chi connectivity index (χ3v) is 10.1. The molecule has 5 nitrogen and oxygen atoms in total. The number of carbonyl (C=O) groups is 1. The lowest BCUT2D eigenvalue weighted by Gasteiger charge is -2.56. The standard InChI is InChI=1S/C26H34F3N3O2/c1-24(34)8-6-17-15(11-24)4-5-19-18(17)7-9-25(2)20(19)10-21(26(27,28)29)23(25)22(33)14-32-13-16(30-3)12-31-32/h12-13,15,17-21,23,34H,4-11,14H2,1-2H3/t15-,17+,18?,19?,20?,21-,23-,24-,25+/m1/s1. The van der Waals surface area contributed by atoms with E-state index in [0.717, 1.165) is 38.5 Å². The van der Waals surface area contributed by atoms with Gasteiger partial charge in [0, 0.05) is 12.1 Å². The molecule has 0 amide bonds. The normalized spacial score (nSPS) is 44.0. The highest BCUT2D eigenvalue weighted by atomic mass is 19.4. The van der Waals surface area contributed by atoms with Gasteiger partial charge < -0.3 is 5.11 Å². The van der Waals surface area contributed by atoms with Crippen molar-refractivity contribution in [2.45, 2.75) is 83.5 Å². The third kappa shape index (κ3) is 3.88. The molecule has 4 aliphatic carbocycles. The van der Waals surface area contributed by atoms with E-state index in [9.17, 15) is 23.1 Å². The fraction of sp³-hybridized carbons (Fsp3) is 0.808. The van der Waals surface area contributed by atoms with Crippen LogP contribution in [-0.2, 0) is 11.3 Å². The SMILES string of the molecule is [C-]#[N+]c1cnn(CC(=O)[C@H]2[C@H](C(F)(F)F)CC3C4CC[C@@H]5C[C@](C)(O)CC[C@@H]5C4CC[C@@]32C)c1. The third-order valence-electron chi connectivity index (χ3n) is 10.1. The molecule has 4 fully saturated rings. The summed E-state index contributed by atoms with van der Waals surface area (Å²) in [4.78, 5) is 16.7. The first-order valence-corrected chi connectivity index (χ1v) is 12.6. The van der Waals surface area contributed by atoms with E-state index in [2.05, 4.69) is 9.94 Å².